The second-order valence-corrected chi connectivity index (χ2v) is 9.05. The number of halogens is 1. The molecule has 1 fully saturated rings. The van der Waals surface area contributed by atoms with Crippen molar-refractivity contribution >= 4 is 11.8 Å². The van der Waals surface area contributed by atoms with Crippen molar-refractivity contribution in [3.63, 3.8) is 0 Å². The number of carbonyl (C=O) groups excluding carboxylic acids is 2. The Bertz CT molecular complexity index is 985. The van der Waals surface area contributed by atoms with Crippen molar-refractivity contribution in [2.45, 2.75) is 64.6 Å². The minimum atomic E-state index is -0.590. The fraction of sp³-hybridized carbons (Fsp3) is 0.462. The summed E-state index contributed by atoms with van der Waals surface area (Å²) in [6.07, 6.45) is 2.59. The second-order valence-electron chi connectivity index (χ2n) is 9.05. The fourth-order valence-electron chi connectivity index (χ4n) is 4.34. The number of hydrogen-bond acceptors (Lipinski definition) is 3. The van der Waals surface area contributed by atoms with Crippen molar-refractivity contribution in [2.24, 2.45) is 5.92 Å². The van der Waals surface area contributed by atoms with Gasteiger partial charge >= 0.3 is 0 Å². The third-order valence-corrected chi connectivity index (χ3v) is 6.11. The van der Waals surface area contributed by atoms with Crippen LogP contribution >= 0.6 is 0 Å². The molecule has 0 unspecified atom stereocenters. The van der Waals surface area contributed by atoms with Crippen molar-refractivity contribution in [3.05, 3.63) is 65.0 Å². The molecule has 32 heavy (non-hydrogen) atoms. The lowest BCUT2D eigenvalue weighted by Crippen LogP contribution is -2.42. The van der Waals surface area contributed by atoms with Gasteiger partial charge in [-0.05, 0) is 80.5 Å². The molecule has 170 valence electrons. The van der Waals surface area contributed by atoms with Crippen LogP contribution in [0.1, 0.15) is 62.8 Å². The van der Waals surface area contributed by atoms with Gasteiger partial charge in [-0.1, -0.05) is 25.1 Å². The van der Waals surface area contributed by atoms with Crippen molar-refractivity contribution in [1.29, 1.82) is 0 Å². The Kier molecular flexibility index (Phi) is 6.49. The summed E-state index contributed by atoms with van der Waals surface area (Å²) in [5.41, 5.74) is 3.00. The van der Waals surface area contributed by atoms with E-state index in [2.05, 4.69) is 5.32 Å². The van der Waals surface area contributed by atoms with E-state index < -0.39 is 6.10 Å². The summed E-state index contributed by atoms with van der Waals surface area (Å²) in [5.74, 6) is 0.425. The van der Waals surface area contributed by atoms with E-state index in [1.165, 1.54) is 12.1 Å². The van der Waals surface area contributed by atoms with Gasteiger partial charge in [0, 0.05) is 18.5 Å². The van der Waals surface area contributed by atoms with Crippen LogP contribution in [0.15, 0.2) is 42.5 Å². The number of carbonyl (C=O) groups is 2. The summed E-state index contributed by atoms with van der Waals surface area (Å²) in [7, 11) is 0. The van der Waals surface area contributed by atoms with Gasteiger partial charge in [-0.15, -0.1) is 0 Å². The van der Waals surface area contributed by atoms with Gasteiger partial charge in [0.2, 0.25) is 5.91 Å². The maximum absolute atomic E-state index is 13.6. The van der Waals surface area contributed by atoms with E-state index in [0.29, 0.717) is 18.7 Å². The summed E-state index contributed by atoms with van der Waals surface area (Å²) in [6, 6.07) is 12.0. The first-order valence-corrected chi connectivity index (χ1v) is 11.5. The Hall–Kier alpha value is -2.89. The van der Waals surface area contributed by atoms with Crippen LogP contribution in [-0.4, -0.2) is 35.4 Å². The SMILES string of the molecule is CC[C@@H](Oc1ccc2c(c1)[C@@H](c1ccc(F)cc1)N(C(=O)C1CC1)CC2)C(=O)NC(C)C. The summed E-state index contributed by atoms with van der Waals surface area (Å²) >= 11 is 0. The van der Waals surface area contributed by atoms with Gasteiger partial charge < -0.3 is 15.0 Å². The molecule has 1 aliphatic heterocycles. The lowest BCUT2D eigenvalue weighted by atomic mass is 9.87. The van der Waals surface area contributed by atoms with Crippen LogP contribution in [-0.2, 0) is 16.0 Å². The third-order valence-electron chi connectivity index (χ3n) is 6.11. The summed E-state index contributed by atoms with van der Waals surface area (Å²) < 4.78 is 19.7. The zero-order chi connectivity index (χ0) is 22.8. The summed E-state index contributed by atoms with van der Waals surface area (Å²) in [5, 5.41) is 2.91. The van der Waals surface area contributed by atoms with E-state index in [1.54, 1.807) is 12.1 Å². The molecule has 6 heteroatoms. The highest BCUT2D eigenvalue weighted by Gasteiger charge is 2.39. The van der Waals surface area contributed by atoms with Gasteiger partial charge in [0.15, 0.2) is 6.10 Å². The molecule has 2 aromatic rings. The Balaban J connectivity index is 1.67. The van der Waals surface area contributed by atoms with Gasteiger partial charge in [0.1, 0.15) is 11.6 Å². The zero-order valence-corrected chi connectivity index (χ0v) is 18.9. The van der Waals surface area contributed by atoms with Crippen molar-refractivity contribution in [2.75, 3.05) is 6.54 Å². The molecule has 1 heterocycles. The number of nitrogens with one attached hydrogen (secondary N) is 1. The maximum Gasteiger partial charge on any atom is 0.261 e. The van der Waals surface area contributed by atoms with Gasteiger partial charge in [-0.25, -0.2) is 4.39 Å². The smallest absolute Gasteiger partial charge is 0.261 e. The van der Waals surface area contributed by atoms with Crippen molar-refractivity contribution < 1.29 is 18.7 Å². The van der Waals surface area contributed by atoms with Crippen LogP contribution < -0.4 is 10.1 Å². The molecule has 0 bridgehead atoms. The molecule has 2 aliphatic rings. The molecule has 2 aromatic carbocycles. The van der Waals surface area contributed by atoms with E-state index in [4.69, 9.17) is 4.74 Å². The summed E-state index contributed by atoms with van der Waals surface area (Å²) in [4.78, 5) is 27.5. The van der Waals surface area contributed by atoms with E-state index in [9.17, 15) is 14.0 Å². The van der Waals surface area contributed by atoms with E-state index in [1.807, 2.05) is 43.9 Å². The molecule has 1 aliphatic carbocycles. The molecular weight excluding hydrogens is 407 g/mol. The minimum Gasteiger partial charge on any atom is -0.481 e. The number of hydrogen-bond donors (Lipinski definition) is 1. The largest absolute Gasteiger partial charge is 0.481 e. The van der Waals surface area contributed by atoms with E-state index >= 15 is 0 Å². The number of nitrogens with zero attached hydrogens (tertiary/aromatic N) is 1. The molecule has 5 nitrogen and oxygen atoms in total. The maximum atomic E-state index is 13.6. The number of fused-ring (bicyclic) bond motifs is 1. The van der Waals surface area contributed by atoms with Gasteiger partial charge in [-0.2, -0.15) is 0 Å². The van der Waals surface area contributed by atoms with E-state index in [-0.39, 0.29) is 35.6 Å². The molecule has 2 atom stereocenters. The highest BCUT2D eigenvalue weighted by atomic mass is 19.1. The number of amides is 2. The number of benzene rings is 2. The molecular formula is C26H31FN2O3. The van der Waals surface area contributed by atoms with Crippen LogP contribution in [0.4, 0.5) is 4.39 Å². The first-order valence-electron chi connectivity index (χ1n) is 11.5. The molecule has 0 saturated heterocycles. The fourth-order valence-corrected chi connectivity index (χ4v) is 4.34. The lowest BCUT2D eigenvalue weighted by molar-refractivity contribution is -0.134. The average molecular weight is 439 g/mol. The molecule has 0 spiro atoms. The quantitative estimate of drug-likeness (QED) is 0.698. The topological polar surface area (TPSA) is 58.6 Å². The van der Waals surface area contributed by atoms with Gasteiger partial charge in [0.05, 0.1) is 6.04 Å². The van der Waals surface area contributed by atoms with Gasteiger partial charge in [0.25, 0.3) is 5.91 Å². The normalized spacial score (nSPS) is 18.8. The standard InChI is InChI=1S/C26H31FN2O3/c1-4-23(25(30)28-16(2)3)32-21-12-9-17-13-14-29(26(31)19-5-6-19)24(22(17)15-21)18-7-10-20(27)11-8-18/h7-12,15-16,19,23-24H,4-6,13-14H2,1-3H3,(H,28,30)/t23-,24-/m1/s1. The van der Waals surface area contributed by atoms with Crippen LogP contribution in [0.25, 0.3) is 0 Å². The first kappa shape index (κ1) is 22.3. The Morgan fingerprint density at radius 1 is 1.16 bits per heavy atom. The number of ether oxygens (including phenoxy) is 1. The second kappa shape index (κ2) is 9.31. The molecule has 0 radical (unpaired) electrons. The lowest BCUT2D eigenvalue weighted by Gasteiger charge is -2.38. The highest BCUT2D eigenvalue weighted by Crippen LogP contribution is 2.41. The number of rotatable bonds is 7. The molecule has 2 amide bonds. The highest BCUT2D eigenvalue weighted by molar-refractivity contribution is 5.82. The predicted molar refractivity (Wildman–Crippen MR) is 121 cm³/mol. The van der Waals surface area contributed by atoms with Crippen LogP contribution in [0.3, 0.4) is 0 Å². The van der Waals surface area contributed by atoms with Crippen LogP contribution in [0, 0.1) is 11.7 Å². The van der Waals surface area contributed by atoms with Crippen molar-refractivity contribution in [1.82, 2.24) is 10.2 Å². The predicted octanol–water partition coefficient (Wildman–Crippen LogP) is 4.39. The Morgan fingerprint density at radius 3 is 2.50 bits per heavy atom. The zero-order valence-electron chi connectivity index (χ0n) is 18.9. The first-order chi connectivity index (χ1) is 15.4. The van der Waals surface area contributed by atoms with Crippen molar-refractivity contribution in [3.8, 4) is 5.75 Å². The molecule has 1 N–H and O–H groups in total. The Labute approximate surface area is 188 Å². The summed E-state index contributed by atoms with van der Waals surface area (Å²) in [6.45, 7) is 6.39. The Morgan fingerprint density at radius 2 is 1.88 bits per heavy atom. The van der Waals surface area contributed by atoms with Gasteiger partial charge in [-0.3, -0.25) is 9.59 Å². The molecule has 1 saturated carbocycles. The molecule has 4 rings (SSSR count). The average Bonchev–Trinajstić information content (AvgIpc) is 3.61. The van der Waals surface area contributed by atoms with E-state index in [0.717, 1.165) is 36.0 Å². The minimum absolute atomic E-state index is 0.0357. The molecule has 0 aromatic heterocycles. The van der Waals surface area contributed by atoms with Crippen LogP contribution in [0.2, 0.25) is 0 Å². The third kappa shape index (κ3) is 4.79. The van der Waals surface area contributed by atoms with Crippen LogP contribution in [0.5, 0.6) is 5.75 Å². The monoisotopic (exact) mass is 438 g/mol.